The lowest BCUT2D eigenvalue weighted by atomic mass is 9.96. The van der Waals surface area contributed by atoms with E-state index in [1.165, 1.54) is 0 Å². The van der Waals surface area contributed by atoms with Crippen molar-refractivity contribution < 1.29 is 9.90 Å². The summed E-state index contributed by atoms with van der Waals surface area (Å²) in [6.07, 6.45) is 2.79. The van der Waals surface area contributed by atoms with Gasteiger partial charge in [0.15, 0.2) is 0 Å². The van der Waals surface area contributed by atoms with Gasteiger partial charge in [0.05, 0.1) is 6.42 Å². The molecular weight excluding hydrogens is 202 g/mol. The highest BCUT2D eigenvalue weighted by atomic mass is 16.4. The Bertz CT molecular complexity index is 371. The number of nitrogens with two attached hydrogens (primary N) is 1. The van der Waals surface area contributed by atoms with Gasteiger partial charge in [-0.3, -0.25) is 4.79 Å². The van der Waals surface area contributed by atoms with E-state index in [0.29, 0.717) is 0 Å². The number of rotatable bonds is 5. The van der Waals surface area contributed by atoms with Gasteiger partial charge >= 0.3 is 5.97 Å². The van der Waals surface area contributed by atoms with Crippen LogP contribution in [0.1, 0.15) is 25.3 Å². The van der Waals surface area contributed by atoms with E-state index in [1.54, 1.807) is 0 Å². The van der Waals surface area contributed by atoms with E-state index in [0.717, 1.165) is 17.6 Å². The van der Waals surface area contributed by atoms with Crippen molar-refractivity contribution in [2.24, 2.45) is 5.73 Å². The van der Waals surface area contributed by atoms with Crippen LogP contribution in [-0.2, 0) is 4.79 Å². The second-order valence-corrected chi connectivity index (χ2v) is 3.64. The summed E-state index contributed by atoms with van der Waals surface area (Å²) in [5, 5.41) is 8.74. The standard InChI is InChI=1S/C13H17NO2/c1-2-6-11(12(14)9-13(15)16)10-7-4-3-5-8-10/h3-8,12H,2,9,14H2,1H3,(H,15,16)/b11-6+. The van der Waals surface area contributed by atoms with Gasteiger partial charge in [-0.15, -0.1) is 0 Å². The Labute approximate surface area is 95.6 Å². The van der Waals surface area contributed by atoms with E-state index in [4.69, 9.17) is 10.8 Å². The van der Waals surface area contributed by atoms with Gasteiger partial charge < -0.3 is 10.8 Å². The maximum absolute atomic E-state index is 10.6. The molecule has 0 heterocycles. The number of allylic oxidation sites excluding steroid dienone is 1. The van der Waals surface area contributed by atoms with Crippen molar-refractivity contribution in [2.45, 2.75) is 25.8 Å². The third-order valence-electron chi connectivity index (χ3n) is 2.33. The third-order valence-corrected chi connectivity index (χ3v) is 2.33. The first-order valence-electron chi connectivity index (χ1n) is 5.38. The van der Waals surface area contributed by atoms with Crippen molar-refractivity contribution in [3.63, 3.8) is 0 Å². The Balaban J connectivity index is 2.92. The van der Waals surface area contributed by atoms with Crippen molar-refractivity contribution in [1.82, 2.24) is 0 Å². The smallest absolute Gasteiger partial charge is 0.305 e. The number of benzene rings is 1. The molecule has 0 spiro atoms. The first-order valence-corrected chi connectivity index (χ1v) is 5.38. The molecule has 1 rings (SSSR count). The lowest BCUT2D eigenvalue weighted by molar-refractivity contribution is -0.137. The van der Waals surface area contributed by atoms with Crippen LogP contribution in [0.3, 0.4) is 0 Å². The van der Waals surface area contributed by atoms with E-state index < -0.39 is 12.0 Å². The third kappa shape index (κ3) is 3.51. The highest BCUT2D eigenvalue weighted by Gasteiger charge is 2.14. The number of hydrogen-bond donors (Lipinski definition) is 2. The fourth-order valence-electron chi connectivity index (χ4n) is 1.63. The fraction of sp³-hybridized carbons (Fsp3) is 0.308. The average Bonchev–Trinajstić information content (AvgIpc) is 2.26. The molecule has 0 aliphatic heterocycles. The lowest BCUT2D eigenvalue weighted by Crippen LogP contribution is -2.25. The van der Waals surface area contributed by atoms with Crippen molar-refractivity contribution >= 4 is 11.5 Å². The predicted octanol–water partition coefficient (Wildman–Crippen LogP) is 2.28. The number of carboxylic acids is 1. The van der Waals surface area contributed by atoms with Crippen LogP contribution in [0, 0.1) is 0 Å². The summed E-state index contributed by atoms with van der Waals surface area (Å²) in [5.41, 5.74) is 7.79. The van der Waals surface area contributed by atoms with Crippen molar-refractivity contribution in [2.75, 3.05) is 0 Å². The molecule has 0 saturated heterocycles. The van der Waals surface area contributed by atoms with Crippen LogP contribution < -0.4 is 5.73 Å². The predicted molar refractivity (Wildman–Crippen MR) is 64.9 cm³/mol. The molecule has 0 radical (unpaired) electrons. The monoisotopic (exact) mass is 219 g/mol. The molecule has 0 fully saturated rings. The summed E-state index contributed by atoms with van der Waals surface area (Å²) in [6, 6.07) is 9.22. The van der Waals surface area contributed by atoms with E-state index in [9.17, 15) is 4.79 Å². The highest BCUT2D eigenvalue weighted by molar-refractivity contribution is 5.76. The second-order valence-electron chi connectivity index (χ2n) is 3.64. The summed E-state index contributed by atoms with van der Waals surface area (Å²) in [6.45, 7) is 2.01. The molecule has 86 valence electrons. The Kier molecular flexibility index (Phi) is 4.73. The average molecular weight is 219 g/mol. The molecular formula is C13H17NO2. The quantitative estimate of drug-likeness (QED) is 0.798. The normalized spacial score (nSPS) is 13.5. The van der Waals surface area contributed by atoms with Crippen LogP contribution in [-0.4, -0.2) is 17.1 Å². The molecule has 0 aliphatic carbocycles. The minimum atomic E-state index is -0.870. The minimum Gasteiger partial charge on any atom is -0.481 e. The molecule has 1 aromatic rings. The molecule has 1 atom stereocenters. The first kappa shape index (κ1) is 12.5. The summed E-state index contributed by atoms with van der Waals surface area (Å²) in [5.74, 6) is -0.870. The summed E-state index contributed by atoms with van der Waals surface area (Å²) >= 11 is 0. The maximum atomic E-state index is 10.6. The number of carboxylic acid groups (broad SMARTS) is 1. The first-order chi connectivity index (χ1) is 7.65. The van der Waals surface area contributed by atoms with Gasteiger partial charge in [-0.25, -0.2) is 0 Å². The fourth-order valence-corrected chi connectivity index (χ4v) is 1.63. The van der Waals surface area contributed by atoms with Crippen molar-refractivity contribution in [1.29, 1.82) is 0 Å². The number of carbonyl (C=O) groups is 1. The SMILES string of the molecule is CC/C=C(\c1ccccc1)C(N)CC(=O)O. The summed E-state index contributed by atoms with van der Waals surface area (Å²) in [4.78, 5) is 10.6. The van der Waals surface area contributed by atoms with Gasteiger partial charge in [0, 0.05) is 6.04 Å². The molecule has 0 saturated carbocycles. The summed E-state index contributed by atoms with van der Waals surface area (Å²) < 4.78 is 0. The van der Waals surface area contributed by atoms with Crippen LogP contribution in [0.2, 0.25) is 0 Å². The maximum Gasteiger partial charge on any atom is 0.305 e. The van der Waals surface area contributed by atoms with E-state index in [2.05, 4.69) is 0 Å². The number of aliphatic carboxylic acids is 1. The Morgan fingerprint density at radius 2 is 2.06 bits per heavy atom. The Morgan fingerprint density at radius 1 is 1.44 bits per heavy atom. The van der Waals surface area contributed by atoms with E-state index in [1.807, 2.05) is 43.3 Å². The molecule has 16 heavy (non-hydrogen) atoms. The van der Waals surface area contributed by atoms with Crippen molar-refractivity contribution in [3.8, 4) is 0 Å². The molecule has 0 aromatic heterocycles. The molecule has 1 aromatic carbocycles. The zero-order chi connectivity index (χ0) is 12.0. The van der Waals surface area contributed by atoms with Gasteiger partial charge in [0.1, 0.15) is 0 Å². The minimum absolute atomic E-state index is 0.0409. The topological polar surface area (TPSA) is 63.3 Å². The van der Waals surface area contributed by atoms with Crippen LogP contribution in [0.4, 0.5) is 0 Å². The van der Waals surface area contributed by atoms with Gasteiger partial charge in [0.2, 0.25) is 0 Å². The van der Waals surface area contributed by atoms with Crippen LogP contribution >= 0.6 is 0 Å². The molecule has 3 nitrogen and oxygen atoms in total. The van der Waals surface area contributed by atoms with Crippen LogP contribution in [0.15, 0.2) is 36.4 Å². The van der Waals surface area contributed by atoms with Crippen molar-refractivity contribution in [3.05, 3.63) is 42.0 Å². The highest BCUT2D eigenvalue weighted by Crippen LogP contribution is 2.19. The molecule has 0 bridgehead atoms. The van der Waals surface area contributed by atoms with E-state index >= 15 is 0 Å². The zero-order valence-corrected chi connectivity index (χ0v) is 9.39. The van der Waals surface area contributed by atoms with Crippen LogP contribution in [0.25, 0.3) is 5.57 Å². The molecule has 3 N–H and O–H groups in total. The lowest BCUT2D eigenvalue weighted by Gasteiger charge is -2.14. The van der Waals surface area contributed by atoms with Gasteiger partial charge in [-0.05, 0) is 17.6 Å². The van der Waals surface area contributed by atoms with Gasteiger partial charge in [-0.1, -0.05) is 43.3 Å². The molecule has 0 aliphatic rings. The number of hydrogen-bond acceptors (Lipinski definition) is 2. The Hall–Kier alpha value is -1.61. The molecule has 0 amide bonds. The molecule has 1 unspecified atom stereocenters. The summed E-state index contributed by atoms with van der Waals surface area (Å²) in [7, 11) is 0. The van der Waals surface area contributed by atoms with Gasteiger partial charge in [-0.2, -0.15) is 0 Å². The van der Waals surface area contributed by atoms with Gasteiger partial charge in [0.25, 0.3) is 0 Å². The largest absolute Gasteiger partial charge is 0.481 e. The molecule has 3 heteroatoms. The second kappa shape index (κ2) is 6.08. The Morgan fingerprint density at radius 3 is 2.56 bits per heavy atom. The van der Waals surface area contributed by atoms with Crippen LogP contribution in [0.5, 0.6) is 0 Å². The van der Waals surface area contributed by atoms with E-state index in [-0.39, 0.29) is 6.42 Å². The zero-order valence-electron chi connectivity index (χ0n) is 9.39.